The van der Waals surface area contributed by atoms with Gasteiger partial charge < -0.3 is 10.3 Å². The van der Waals surface area contributed by atoms with E-state index in [4.69, 9.17) is 6.57 Å². The van der Waals surface area contributed by atoms with Crippen molar-refractivity contribution in [3.63, 3.8) is 0 Å². The number of carbonyl (C=O) groups is 4. The third-order valence-corrected chi connectivity index (χ3v) is 3.66. The lowest BCUT2D eigenvalue weighted by Gasteiger charge is -2.13. The van der Waals surface area contributed by atoms with Crippen LogP contribution in [0.25, 0.3) is 26.9 Å². The molecule has 1 saturated heterocycles. The molecule has 9 heteroatoms. The van der Waals surface area contributed by atoms with Gasteiger partial charge in [0.1, 0.15) is 5.57 Å². The third-order valence-electron chi connectivity index (χ3n) is 3.66. The number of likely N-dealkylation sites (N-methyl/N-ethyl adjacent to an activating group) is 1. The first kappa shape index (κ1) is 15.9. The maximum atomic E-state index is 12.1. The van der Waals surface area contributed by atoms with Crippen LogP contribution in [-0.4, -0.2) is 35.8 Å². The molecule has 0 bridgehead atoms. The van der Waals surface area contributed by atoms with E-state index in [0.717, 1.165) is 0 Å². The fourth-order valence-corrected chi connectivity index (χ4v) is 2.59. The summed E-state index contributed by atoms with van der Waals surface area (Å²) in [5.74, 6) is -2.33. The monoisotopic (exact) mass is 337 g/mol. The van der Waals surface area contributed by atoms with Crippen LogP contribution >= 0.6 is 0 Å². The molecule has 0 aliphatic carbocycles. The highest BCUT2D eigenvalue weighted by Crippen LogP contribution is 2.09. The molecule has 2 aromatic rings. The molecule has 1 fully saturated rings. The maximum Gasteiger partial charge on any atom is 0.328 e. The number of amides is 5. The molecule has 9 nitrogen and oxygen atoms in total. The van der Waals surface area contributed by atoms with Gasteiger partial charge in [-0.3, -0.25) is 25.0 Å². The van der Waals surface area contributed by atoms with Crippen molar-refractivity contribution in [2.75, 3.05) is 7.05 Å². The second-order valence-electron chi connectivity index (χ2n) is 5.07. The average Bonchev–Trinajstić information content (AvgIpc) is 2.94. The van der Waals surface area contributed by atoms with E-state index in [1.807, 2.05) is 10.6 Å². The van der Waals surface area contributed by atoms with Crippen LogP contribution in [0.1, 0.15) is 0 Å². The van der Waals surface area contributed by atoms with E-state index < -0.39 is 23.8 Å². The number of aromatic amines is 1. The predicted molar refractivity (Wildman–Crippen MR) is 86.7 cm³/mol. The van der Waals surface area contributed by atoms with E-state index >= 15 is 0 Å². The van der Waals surface area contributed by atoms with Gasteiger partial charge in [0.05, 0.1) is 17.3 Å². The van der Waals surface area contributed by atoms with E-state index in [9.17, 15) is 19.2 Å². The van der Waals surface area contributed by atoms with Crippen molar-refractivity contribution in [3.05, 3.63) is 46.4 Å². The standard InChI is InChI=1S/C16H11N5O4/c1-17-12(15(24)18-2)11-8-6-4-3-5-7(8)10(19-11)9-13(22)20-16(25)21-14(9)23/h3-6,19H,2H3,(H,18,24)(H2,20,21,22,23,25)/b12-11-. The Bertz CT molecular complexity index is 1100. The van der Waals surface area contributed by atoms with Crippen LogP contribution in [0.3, 0.4) is 0 Å². The normalized spacial score (nSPS) is 15.4. The first-order valence-corrected chi connectivity index (χ1v) is 7.09. The third kappa shape index (κ3) is 2.51. The average molecular weight is 337 g/mol. The van der Waals surface area contributed by atoms with Crippen molar-refractivity contribution in [2.24, 2.45) is 0 Å². The lowest BCUT2D eigenvalue weighted by Crippen LogP contribution is -2.52. The smallest absolute Gasteiger partial charge is 0.328 e. The highest BCUT2D eigenvalue weighted by molar-refractivity contribution is 6.46. The number of imide groups is 2. The summed E-state index contributed by atoms with van der Waals surface area (Å²) >= 11 is 0. The van der Waals surface area contributed by atoms with Gasteiger partial charge in [-0.15, -0.1) is 0 Å². The van der Waals surface area contributed by atoms with Gasteiger partial charge in [0.2, 0.25) is 0 Å². The van der Waals surface area contributed by atoms with Crippen molar-refractivity contribution in [1.29, 1.82) is 0 Å². The molecule has 0 saturated carbocycles. The van der Waals surface area contributed by atoms with Gasteiger partial charge in [-0.2, -0.15) is 0 Å². The predicted octanol–water partition coefficient (Wildman–Crippen LogP) is -1.54. The van der Waals surface area contributed by atoms with Crippen molar-refractivity contribution in [3.8, 4) is 0 Å². The molecule has 5 amide bonds. The van der Waals surface area contributed by atoms with Crippen LogP contribution in [0.5, 0.6) is 0 Å². The fourth-order valence-electron chi connectivity index (χ4n) is 2.59. The zero-order valence-corrected chi connectivity index (χ0v) is 12.9. The number of nitrogens with zero attached hydrogens (tertiary/aromatic N) is 1. The van der Waals surface area contributed by atoms with Gasteiger partial charge in [0.25, 0.3) is 23.4 Å². The molecule has 2 heterocycles. The van der Waals surface area contributed by atoms with Gasteiger partial charge in [-0.05, 0) is 5.39 Å². The van der Waals surface area contributed by atoms with Gasteiger partial charge in [-0.25, -0.2) is 9.64 Å². The van der Waals surface area contributed by atoms with Crippen LogP contribution in [0.15, 0.2) is 24.3 Å². The zero-order valence-electron chi connectivity index (χ0n) is 12.9. The molecule has 1 aromatic heterocycles. The Morgan fingerprint density at radius 2 is 1.68 bits per heavy atom. The van der Waals surface area contributed by atoms with E-state index in [-0.39, 0.29) is 22.0 Å². The molecule has 0 atom stereocenters. The van der Waals surface area contributed by atoms with Gasteiger partial charge >= 0.3 is 6.03 Å². The molecule has 0 spiro atoms. The largest absolute Gasteiger partial charge is 0.364 e. The summed E-state index contributed by atoms with van der Waals surface area (Å²) in [6.45, 7) is 7.26. The quantitative estimate of drug-likeness (QED) is 0.471. The number of urea groups is 1. The molecule has 1 aliphatic rings. The summed E-state index contributed by atoms with van der Waals surface area (Å²) in [6, 6.07) is 5.77. The number of barbiturate groups is 1. The summed E-state index contributed by atoms with van der Waals surface area (Å²) in [4.78, 5) is 53.4. The molecule has 4 N–H and O–H groups in total. The number of carbonyl (C=O) groups excluding carboxylic acids is 4. The van der Waals surface area contributed by atoms with Crippen LogP contribution in [0.4, 0.5) is 4.79 Å². The van der Waals surface area contributed by atoms with Crippen molar-refractivity contribution in [2.45, 2.75) is 0 Å². The Hall–Kier alpha value is -3.93. The Balaban J connectivity index is 2.51. The Morgan fingerprint density at radius 3 is 2.24 bits per heavy atom. The molecular weight excluding hydrogens is 326 g/mol. The minimum absolute atomic E-state index is 0.123. The molecule has 1 aliphatic heterocycles. The second kappa shape index (κ2) is 5.93. The van der Waals surface area contributed by atoms with Gasteiger partial charge in [0, 0.05) is 12.4 Å². The maximum absolute atomic E-state index is 12.1. The second-order valence-corrected chi connectivity index (χ2v) is 5.07. The van der Waals surface area contributed by atoms with Gasteiger partial charge in [0.15, 0.2) is 0 Å². The number of fused-ring (bicyclic) bond motifs is 1. The number of aromatic nitrogens is 1. The number of hydrogen-bond acceptors (Lipinski definition) is 4. The molecule has 0 radical (unpaired) electrons. The van der Waals surface area contributed by atoms with E-state index in [1.165, 1.54) is 7.05 Å². The molecular formula is C16H11N5O4. The first-order chi connectivity index (χ1) is 12.0. The summed E-state index contributed by atoms with van der Waals surface area (Å²) < 4.78 is 0. The van der Waals surface area contributed by atoms with Crippen LogP contribution in [0.2, 0.25) is 0 Å². The Morgan fingerprint density at radius 1 is 1.08 bits per heavy atom. The minimum Gasteiger partial charge on any atom is -0.364 e. The number of H-pyrrole nitrogens is 1. The number of hydrogen-bond donors (Lipinski definition) is 4. The van der Waals surface area contributed by atoms with Crippen molar-refractivity contribution in [1.82, 2.24) is 20.9 Å². The molecule has 0 unspecified atom stereocenters. The summed E-state index contributed by atoms with van der Waals surface area (Å²) in [5, 5.41) is 7.64. The Labute approximate surface area is 140 Å². The molecule has 25 heavy (non-hydrogen) atoms. The van der Waals surface area contributed by atoms with E-state index in [1.54, 1.807) is 24.3 Å². The highest BCUT2D eigenvalue weighted by Gasteiger charge is 2.29. The highest BCUT2D eigenvalue weighted by atomic mass is 16.2. The minimum atomic E-state index is -0.909. The van der Waals surface area contributed by atoms with E-state index in [0.29, 0.717) is 10.8 Å². The van der Waals surface area contributed by atoms with Gasteiger partial charge in [-0.1, -0.05) is 24.3 Å². The first-order valence-electron chi connectivity index (χ1n) is 7.09. The summed E-state index contributed by atoms with van der Waals surface area (Å²) in [7, 11) is 1.39. The summed E-state index contributed by atoms with van der Waals surface area (Å²) in [5.41, 5.74) is -0.512. The molecule has 3 rings (SSSR count). The lowest BCUT2D eigenvalue weighted by molar-refractivity contribution is -0.121. The number of nitrogens with one attached hydrogen (secondary N) is 4. The number of rotatable bonds is 1. The molecule has 124 valence electrons. The zero-order chi connectivity index (χ0) is 18.1. The number of benzene rings is 1. The molecule has 1 aromatic carbocycles. The SMILES string of the molecule is [C-]#[N+]/C(C(=O)NC)=c1\[nH]c(=C2C(=O)NC(=O)NC2=O)c2ccccc12. The van der Waals surface area contributed by atoms with E-state index in [2.05, 4.69) is 15.1 Å². The lowest BCUT2D eigenvalue weighted by atomic mass is 10.1. The van der Waals surface area contributed by atoms with Crippen LogP contribution in [-0.2, 0) is 14.4 Å². The van der Waals surface area contributed by atoms with Crippen LogP contribution < -0.4 is 26.6 Å². The summed E-state index contributed by atoms with van der Waals surface area (Å²) in [6.07, 6.45) is 0. The van der Waals surface area contributed by atoms with Crippen molar-refractivity contribution < 1.29 is 19.2 Å². The van der Waals surface area contributed by atoms with Crippen LogP contribution in [0, 0.1) is 6.57 Å². The van der Waals surface area contributed by atoms with Crippen molar-refractivity contribution >= 4 is 45.8 Å². The fraction of sp³-hybridized carbons (Fsp3) is 0.0625. The Kier molecular flexibility index (Phi) is 3.79. The topological polar surface area (TPSA) is 125 Å².